The highest BCUT2D eigenvalue weighted by Crippen LogP contribution is 2.23. The van der Waals surface area contributed by atoms with E-state index in [1.165, 1.54) is 9.47 Å². The number of aromatic amines is 1. The molecule has 1 aromatic heterocycles. The van der Waals surface area contributed by atoms with Gasteiger partial charge in [-0.05, 0) is 48.6 Å². The zero-order valence-electron chi connectivity index (χ0n) is 19.5. The molecule has 9 heteroatoms. The number of carbonyl (C=O) groups is 1. The molecular formula is C25H29ClN4O4. The van der Waals surface area contributed by atoms with Gasteiger partial charge in [-0.1, -0.05) is 55.8 Å². The van der Waals surface area contributed by atoms with Gasteiger partial charge in [-0.3, -0.25) is 19.1 Å². The Hall–Kier alpha value is -3.52. The van der Waals surface area contributed by atoms with Crippen molar-refractivity contribution in [2.45, 2.75) is 33.7 Å². The van der Waals surface area contributed by atoms with E-state index in [1.54, 1.807) is 18.2 Å². The Morgan fingerprint density at radius 2 is 1.88 bits per heavy atom. The van der Waals surface area contributed by atoms with Crippen molar-refractivity contribution in [2.75, 3.05) is 23.8 Å². The zero-order chi connectivity index (χ0) is 24.8. The minimum atomic E-state index is -0.716. The summed E-state index contributed by atoms with van der Waals surface area (Å²) in [5, 5.41) is 0.565. The van der Waals surface area contributed by atoms with Crippen molar-refractivity contribution >= 4 is 29.0 Å². The first-order valence-corrected chi connectivity index (χ1v) is 11.4. The SMILES string of the molecule is Cc1cc(Cl)ccc1OCC(=O)N(CCC(C)C)c1c(N)n(Cc2ccccc2)c(=O)[nH]c1=O. The summed E-state index contributed by atoms with van der Waals surface area (Å²) in [5.41, 5.74) is 6.52. The van der Waals surface area contributed by atoms with Gasteiger partial charge in [-0.25, -0.2) is 4.79 Å². The Morgan fingerprint density at radius 1 is 1.18 bits per heavy atom. The van der Waals surface area contributed by atoms with E-state index >= 15 is 0 Å². The van der Waals surface area contributed by atoms with Crippen molar-refractivity contribution in [1.29, 1.82) is 0 Å². The molecule has 0 saturated heterocycles. The number of anilines is 2. The highest BCUT2D eigenvalue weighted by atomic mass is 35.5. The summed E-state index contributed by atoms with van der Waals surface area (Å²) >= 11 is 5.99. The number of hydrogen-bond donors (Lipinski definition) is 2. The third-order valence-electron chi connectivity index (χ3n) is 5.39. The smallest absolute Gasteiger partial charge is 0.330 e. The number of aromatic nitrogens is 2. The molecule has 180 valence electrons. The predicted octanol–water partition coefficient (Wildman–Crippen LogP) is 3.59. The van der Waals surface area contributed by atoms with Gasteiger partial charge in [0.2, 0.25) is 0 Å². The molecule has 3 N–H and O–H groups in total. The van der Waals surface area contributed by atoms with Crippen LogP contribution in [0.1, 0.15) is 31.4 Å². The lowest BCUT2D eigenvalue weighted by Gasteiger charge is -2.25. The number of nitrogens with two attached hydrogens (primary N) is 1. The van der Waals surface area contributed by atoms with Crippen molar-refractivity contribution in [1.82, 2.24) is 9.55 Å². The highest BCUT2D eigenvalue weighted by molar-refractivity contribution is 6.30. The van der Waals surface area contributed by atoms with E-state index in [2.05, 4.69) is 4.98 Å². The highest BCUT2D eigenvalue weighted by Gasteiger charge is 2.25. The van der Waals surface area contributed by atoms with Crippen LogP contribution in [0.25, 0.3) is 0 Å². The van der Waals surface area contributed by atoms with Gasteiger partial charge in [0.25, 0.3) is 11.5 Å². The summed E-state index contributed by atoms with van der Waals surface area (Å²) in [6, 6.07) is 14.3. The Morgan fingerprint density at radius 3 is 2.53 bits per heavy atom. The van der Waals surface area contributed by atoms with Crippen LogP contribution in [0.3, 0.4) is 0 Å². The summed E-state index contributed by atoms with van der Waals surface area (Å²) in [5.74, 6) is 0.261. The number of benzene rings is 2. The Labute approximate surface area is 202 Å². The molecule has 2 aromatic carbocycles. The number of carbonyl (C=O) groups excluding carboxylic acids is 1. The fourth-order valence-corrected chi connectivity index (χ4v) is 3.73. The monoisotopic (exact) mass is 484 g/mol. The van der Waals surface area contributed by atoms with E-state index < -0.39 is 17.2 Å². The minimum Gasteiger partial charge on any atom is -0.483 e. The molecule has 0 aliphatic heterocycles. The van der Waals surface area contributed by atoms with E-state index in [4.69, 9.17) is 22.1 Å². The van der Waals surface area contributed by atoms with Crippen LogP contribution in [0, 0.1) is 12.8 Å². The maximum atomic E-state index is 13.2. The molecule has 0 fully saturated rings. The quantitative estimate of drug-likeness (QED) is 0.482. The van der Waals surface area contributed by atoms with E-state index in [0.29, 0.717) is 17.2 Å². The number of hydrogen-bond acceptors (Lipinski definition) is 5. The van der Waals surface area contributed by atoms with Crippen LogP contribution in [0.4, 0.5) is 11.5 Å². The van der Waals surface area contributed by atoms with Gasteiger partial charge in [-0.2, -0.15) is 0 Å². The molecule has 0 unspecified atom stereocenters. The van der Waals surface area contributed by atoms with E-state index in [1.807, 2.05) is 51.1 Å². The van der Waals surface area contributed by atoms with Crippen molar-refractivity contribution in [3.05, 3.63) is 85.5 Å². The molecule has 8 nitrogen and oxygen atoms in total. The van der Waals surface area contributed by atoms with Gasteiger partial charge in [-0.15, -0.1) is 0 Å². The molecule has 0 aliphatic carbocycles. The molecule has 0 aliphatic rings. The van der Waals surface area contributed by atoms with Crippen LogP contribution in [0.15, 0.2) is 58.1 Å². The second-order valence-corrected chi connectivity index (χ2v) is 8.93. The van der Waals surface area contributed by atoms with Crippen LogP contribution in [-0.2, 0) is 11.3 Å². The standard InChI is InChI=1S/C25H29ClN4O4/c1-16(2)11-12-29(21(31)15-34-20-10-9-19(26)13-17(20)3)22-23(27)30(25(33)28-24(22)32)14-18-7-5-4-6-8-18/h4-10,13,16H,11-12,14-15,27H2,1-3H3,(H,28,32,33). The Kier molecular flexibility index (Phi) is 8.17. The lowest BCUT2D eigenvalue weighted by Crippen LogP contribution is -2.43. The van der Waals surface area contributed by atoms with E-state index in [-0.39, 0.29) is 37.1 Å². The maximum absolute atomic E-state index is 13.2. The molecule has 1 heterocycles. The van der Waals surface area contributed by atoms with Gasteiger partial charge >= 0.3 is 5.69 Å². The van der Waals surface area contributed by atoms with Crippen LogP contribution in [0.2, 0.25) is 5.02 Å². The first-order chi connectivity index (χ1) is 16.2. The normalized spacial score (nSPS) is 11.0. The number of halogens is 1. The number of nitrogen functional groups attached to an aromatic ring is 1. The second-order valence-electron chi connectivity index (χ2n) is 8.49. The zero-order valence-corrected chi connectivity index (χ0v) is 20.3. The molecule has 0 saturated carbocycles. The lowest BCUT2D eigenvalue weighted by atomic mass is 10.1. The van der Waals surface area contributed by atoms with Crippen LogP contribution in [0.5, 0.6) is 5.75 Å². The number of amides is 1. The first kappa shape index (κ1) is 25.1. The van der Waals surface area contributed by atoms with Crippen molar-refractivity contribution < 1.29 is 9.53 Å². The molecular weight excluding hydrogens is 456 g/mol. The molecule has 0 bridgehead atoms. The van der Waals surface area contributed by atoms with Gasteiger partial charge < -0.3 is 15.4 Å². The first-order valence-electron chi connectivity index (χ1n) is 11.0. The van der Waals surface area contributed by atoms with Crippen LogP contribution >= 0.6 is 11.6 Å². The maximum Gasteiger partial charge on any atom is 0.330 e. The number of ether oxygens (including phenoxy) is 1. The largest absolute Gasteiger partial charge is 0.483 e. The van der Waals surface area contributed by atoms with Gasteiger partial charge in [0, 0.05) is 11.6 Å². The van der Waals surface area contributed by atoms with Crippen molar-refractivity contribution in [3.63, 3.8) is 0 Å². The predicted molar refractivity (Wildman–Crippen MR) is 135 cm³/mol. The molecule has 3 aromatic rings. The second kappa shape index (κ2) is 11.1. The number of aryl methyl sites for hydroxylation is 1. The molecule has 3 rings (SSSR count). The van der Waals surface area contributed by atoms with Gasteiger partial charge in [0.15, 0.2) is 12.3 Å². The molecule has 0 radical (unpaired) electrons. The van der Waals surface area contributed by atoms with E-state index in [0.717, 1.165) is 11.1 Å². The van der Waals surface area contributed by atoms with Crippen LogP contribution in [-0.4, -0.2) is 28.6 Å². The lowest BCUT2D eigenvalue weighted by molar-refractivity contribution is -0.120. The van der Waals surface area contributed by atoms with Crippen LogP contribution < -0.4 is 26.6 Å². The van der Waals surface area contributed by atoms with Crippen molar-refractivity contribution in [3.8, 4) is 5.75 Å². The number of nitrogens with one attached hydrogen (secondary N) is 1. The average Bonchev–Trinajstić information content (AvgIpc) is 2.78. The van der Waals surface area contributed by atoms with Crippen molar-refractivity contribution in [2.24, 2.45) is 5.92 Å². The Bertz CT molecular complexity index is 1270. The summed E-state index contributed by atoms with van der Waals surface area (Å²) < 4.78 is 6.98. The minimum absolute atomic E-state index is 0.0578. The third-order valence-corrected chi connectivity index (χ3v) is 5.62. The fourth-order valence-electron chi connectivity index (χ4n) is 3.50. The van der Waals surface area contributed by atoms with Gasteiger partial charge in [0.1, 0.15) is 11.6 Å². The summed E-state index contributed by atoms with van der Waals surface area (Å²) in [7, 11) is 0. The average molecular weight is 485 g/mol. The number of H-pyrrole nitrogens is 1. The number of nitrogens with zero attached hydrogens (tertiary/aromatic N) is 2. The third kappa shape index (κ3) is 6.08. The van der Waals surface area contributed by atoms with E-state index in [9.17, 15) is 14.4 Å². The molecule has 0 spiro atoms. The molecule has 1 amide bonds. The Balaban J connectivity index is 1.95. The summed E-state index contributed by atoms with van der Waals surface area (Å²) in [4.78, 5) is 42.2. The number of rotatable bonds is 9. The molecule has 0 atom stereocenters. The fraction of sp³-hybridized carbons (Fsp3) is 0.320. The summed E-state index contributed by atoms with van der Waals surface area (Å²) in [6.45, 7) is 5.94. The topological polar surface area (TPSA) is 110 Å². The molecule has 34 heavy (non-hydrogen) atoms. The van der Waals surface area contributed by atoms with Gasteiger partial charge in [0.05, 0.1) is 6.54 Å². The summed E-state index contributed by atoms with van der Waals surface area (Å²) in [6.07, 6.45) is 0.627.